The third kappa shape index (κ3) is 3.50. The van der Waals surface area contributed by atoms with E-state index < -0.39 is 0 Å². The van der Waals surface area contributed by atoms with Crippen molar-refractivity contribution in [3.8, 4) is 0 Å². The molecule has 1 heteroatoms. The molecule has 30 heavy (non-hydrogen) atoms. The highest BCUT2D eigenvalue weighted by molar-refractivity contribution is 5.25. The Morgan fingerprint density at radius 3 is 2.60 bits per heavy atom. The third-order valence-corrected chi connectivity index (χ3v) is 10.4. The molecule has 5 rings (SSSR count). The van der Waals surface area contributed by atoms with Crippen LogP contribution in [0, 0.1) is 34.5 Å². The van der Waals surface area contributed by atoms with Gasteiger partial charge in [0.15, 0.2) is 0 Å². The lowest BCUT2D eigenvalue weighted by atomic mass is 9.47. The largest absolute Gasteiger partial charge is 0.393 e. The number of hydrogen-bond donors (Lipinski definition) is 1. The van der Waals surface area contributed by atoms with Gasteiger partial charge >= 0.3 is 0 Å². The molecule has 7 unspecified atom stereocenters. The van der Waals surface area contributed by atoms with Gasteiger partial charge in [0.2, 0.25) is 0 Å². The second-order valence-electron chi connectivity index (χ2n) is 11.7. The molecule has 0 radical (unpaired) electrons. The van der Waals surface area contributed by atoms with E-state index in [2.05, 4.69) is 50.3 Å². The van der Waals surface area contributed by atoms with E-state index in [1.54, 1.807) is 5.57 Å². The van der Waals surface area contributed by atoms with Crippen LogP contribution < -0.4 is 0 Å². The monoisotopic (exact) mass is 406 g/mol. The van der Waals surface area contributed by atoms with Gasteiger partial charge in [0.25, 0.3) is 0 Å². The summed E-state index contributed by atoms with van der Waals surface area (Å²) in [5, 5.41) is 10.2. The summed E-state index contributed by atoms with van der Waals surface area (Å²) in [5.74, 6) is 3.67. The van der Waals surface area contributed by atoms with Crippen molar-refractivity contribution in [1.29, 1.82) is 0 Å². The molecule has 4 aliphatic rings. The average Bonchev–Trinajstić information content (AvgIpc) is 3.09. The first-order chi connectivity index (χ1) is 14.5. The molecule has 3 saturated carbocycles. The molecule has 1 N–H and O–H groups in total. The number of unbranched alkanes of at least 4 members (excludes halogenated alkanes) is 1. The minimum absolute atomic E-state index is 0.0820. The van der Waals surface area contributed by atoms with Crippen molar-refractivity contribution in [2.45, 2.75) is 97.0 Å². The number of benzene rings is 1. The normalized spacial score (nSPS) is 42.8. The van der Waals surface area contributed by atoms with Crippen LogP contribution in [0.3, 0.4) is 0 Å². The van der Waals surface area contributed by atoms with Gasteiger partial charge in [0, 0.05) is 0 Å². The lowest BCUT2D eigenvalue weighted by Gasteiger charge is -2.58. The number of aryl methyl sites for hydroxylation is 1. The highest BCUT2D eigenvalue weighted by Gasteiger charge is 2.58. The Hall–Kier alpha value is -1.08. The second kappa shape index (κ2) is 8.12. The van der Waals surface area contributed by atoms with Crippen LogP contribution >= 0.6 is 0 Å². The first-order valence-corrected chi connectivity index (χ1v) is 12.9. The number of allylic oxidation sites excluding steroid dienone is 1. The molecule has 0 bridgehead atoms. The first-order valence-electron chi connectivity index (χ1n) is 12.9. The van der Waals surface area contributed by atoms with Gasteiger partial charge in [0.05, 0.1) is 6.10 Å². The summed E-state index contributed by atoms with van der Waals surface area (Å²) in [7, 11) is 0. The van der Waals surface area contributed by atoms with Crippen LogP contribution in [0.15, 0.2) is 42.0 Å². The molecule has 4 aliphatic carbocycles. The number of aliphatic hydroxyl groups is 1. The molecule has 1 aromatic rings. The van der Waals surface area contributed by atoms with Crippen LogP contribution in [0.25, 0.3) is 0 Å². The Morgan fingerprint density at radius 1 is 0.933 bits per heavy atom. The molecule has 0 saturated heterocycles. The van der Waals surface area contributed by atoms with E-state index in [1.807, 2.05) is 0 Å². The van der Waals surface area contributed by atoms with Crippen molar-refractivity contribution in [2.75, 3.05) is 0 Å². The Labute approximate surface area is 184 Å². The van der Waals surface area contributed by atoms with Gasteiger partial charge in [-0.25, -0.2) is 0 Å². The predicted molar refractivity (Wildman–Crippen MR) is 125 cm³/mol. The summed E-state index contributed by atoms with van der Waals surface area (Å²) in [6.07, 6.45) is 18.3. The summed E-state index contributed by atoms with van der Waals surface area (Å²) < 4.78 is 0. The van der Waals surface area contributed by atoms with Crippen LogP contribution in [0.1, 0.15) is 90.0 Å². The van der Waals surface area contributed by atoms with E-state index in [9.17, 15) is 5.11 Å². The Balaban J connectivity index is 1.23. The number of fused-ring (bicyclic) bond motifs is 5. The van der Waals surface area contributed by atoms with Crippen molar-refractivity contribution in [3.63, 3.8) is 0 Å². The van der Waals surface area contributed by atoms with Crippen LogP contribution in [0.4, 0.5) is 0 Å². The summed E-state index contributed by atoms with van der Waals surface area (Å²) in [6.45, 7) is 5.23. The minimum Gasteiger partial charge on any atom is -0.393 e. The van der Waals surface area contributed by atoms with E-state index in [1.165, 1.54) is 69.8 Å². The average molecular weight is 407 g/mol. The zero-order chi connectivity index (χ0) is 20.8. The van der Waals surface area contributed by atoms with Gasteiger partial charge in [-0.05, 0) is 111 Å². The lowest BCUT2D eigenvalue weighted by molar-refractivity contribution is -0.0508. The molecule has 0 aliphatic heterocycles. The fourth-order valence-electron chi connectivity index (χ4n) is 8.59. The third-order valence-electron chi connectivity index (χ3n) is 10.4. The molecule has 1 nitrogen and oxygen atoms in total. The molecule has 3 fully saturated rings. The van der Waals surface area contributed by atoms with Crippen molar-refractivity contribution in [2.24, 2.45) is 34.5 Å². The van der Waals surface area contributed by atoms with Crippen molar-refractivity contribution in [1.82, 2.24) is 0 Å². The van der Waals surface area contributed by atoms with Crippen LogP contribution in [-0.2, 0) is 6.42 Å². The van der Waals surface area contributed by atoms with Crippen molar-refractivity contribution >= 4 is 0 Å². The molecule has 7 atom stereocenters. The molecular weight excluding hydrogens is 364 g/mol. The summed E-state index contributed by atoms with van der Waals surface area (Å²) >= 11 is 0. The second-order valence-corrected chi connectivity index (χ2v) is 11.7. The summed E-state index contributed by atoms with van der Waals surface area (Å²) in [4.78, 5) is 0. The minimum atomic E-state index is -0.0820. The summed E-state index contributed by atoms with van der Waals surface area (Å²) in [6, 6.07) is 11.0. The maximum atomic E-state index is 10.2. The first kappa shape index (κ1) is 20.8. The van der Waals surface area contributed by atoms with Crippen LogP contribution in [-0.4, -0.2) is 11.2 Å². The Morgan fingerprint density at radius 2 is 1.77 bits per heavy atom. The zero-order valence-electron chi connectivity index (χ0n) is 19.3. The molecule has 1 aromatic carbocycles. The van der Waals surface area contributed by atoms with Gasteiger partial charge in [-0.2, -0.15) is 0 Å². The maximum Gasteiger partial charge on any atom is 0.0577 e. The topological polar surface area (TPSA) is 20.2 Å². The van der Waals surface area contributed by atoms with E-state index in [0.717, 1.165) is 36.5 Å². The quantitative estimate of drug-likeness (QED) is 0.400. The Bertz CT molecular complexity index is 766. The zero-order valence-corrected chi connectivity index (χ0v) is 19.3. The molecule has 164 valence electrons. The van der Waals surface area contributed by atoms with Crippen molar-refractivity contribution in [3.05, 3.63) is 47.5 Å². The lowest BCUT2D eigenvalue weighted by Crippen LogP contribution is -2.50. The fourth-order valence-corrected chi connectivity index (χ4v) is 8.59. The molecule has 0 amide bonds. The molecule has 0 spiro atoms. The van der Waals surface area contributed by atoms with Gasteiger partial charge in [-0.15, -0.1) is 0 Å². The smallest absolute Gasteiger partial charge is 0.0577 e. The fraction of sp³-hybridized carbons (Fsp3) is 0.724. The number of rotatable bonds is 5. The maximum absolute atomic E-state index is 10.2. The number of aliphatic hydroxyl groups excluding tert-OH is 1. The van der Waals surface area contributed by atoms with Gasteiger partial charge in [-0.3, -0.25) is 0 Å². The standard InChI is InChI=1S/C29H42O/c1-28-19-17-27-25(14-12-23-20-24(30)16-18-29(23,27)2)26(28)15-13-22(28)11-7-6-10-21-8-4-3-5-9-21/h3-5,8-9,12,22,24-27,30H,6-7,10-11,13-20H2,1-2H3. The molecule has 0 aromatic heterocycles. The SMILES string of the molecule is CC12CCC(O)CC1=CCC1C2CCC2(C)C(CCCCc3ccccc3)CCC12. The number of hydrogen-bond acceptors (Lipinski definition) is 1. The van der Waals surface area contributed by atoms with E-state index >= 15 is 0 Å². The van der Waals surface area contributed by atoms with E-state index in [-0.39, 0.29) is 6.10 Å². The van der Waals surface area contributed by atoms with Crippen molar-refractivity contribution < 1.29 is 5.11 Å². The molecule has 0 heterocycles. The van der Waals surface area contributed by atoms with Gasteiger partial charge in [-0.1, -0.05) is 62.2 Å². The van der Waals surface area contributed by atoms with Gasteiger partial charge in [0.1, 0.15) is 0 Å². The van der Waals surface area contributed by atoms with Crippen LogP contribution in [0.5, 0.6) is 0 Å². The highest BCUT2D eigenvalue weighted by Crippen LogP contribution is 2.66. The molecular formula is C29H42O. The Kier molecular flexibility index (Phi) is 5.63. The highest BCUT2D eigenvalue weighted by atomic mass is 16.3. The predicted octanol–water partition coefficient (Wildman–Crippen LogP) is 7.34. The van der Waals surface area contributed by atoms with Crippen LogP contribution in [0.2, 0.25) is 0 Å². The summed E-state index contributed by atoms with van der Waals surface area (Å²) in [5.41, 5.74) is 4.09. The van der Waals surface area contributed by atoms with E-state index in [0.29, 0.717) is 10.8 Å². The van der Waals surface area contributed by atoms with Gasteiger partial charge < -0.3 is 5.11 Å². The van der Waals surface area contributed by atoms with E-state index in [4.69, 9.17) is 0 Å².